The number of amides is 1. The summed E-state index contributed by atoms with van der Waals surface area (Å²) in [6.45, 7) is 4.23. The van der Waals surface area contributed by atoms with Crippen LogP contribution >= 0.6 is 11.8 Å². The van der Waals surface area contributed by atoms with Gasteiger partial charge in [-0.1, -0.05) is 6.92 Å². The molecule has 0 saturated heterocycles. The van der Waals surface area contributed by atoms with Crippen LogP contribution in [0.15, 0.2) is 0 Å². The Morgan fingerprint density at radius 2 is 2.21 bits per heavy atom. The first-order valence-corrected chi connectivity index (χ1v) is 6.50. The summed E-state index contributed by atoms with van der Waals surface area (Å²) in [5, 5.41) is 5.97. The zero-order valence-corrected chi connectivity index (χ0v) is 10.2. The van der Waals surface area contributed by atoms with Crippen LogP contribution in [0.25, 0.3) is 0 Å². The molecule has 1 amide bonds. The minimum absolute atomic E-state index is 0.129. The Morgan fingerprint density at radius 3 is 2.79 bits per heavy atom. The highest BCUT2D eigenvalue weighted by atomic mass is 32.2. The van der Waals surface area contributed by atoms with Gasteiger partial charge in [0.15, 0.2) is 0 Å². The molecule has 3 nitrogen and oxygen atoms in total. The molecule has 0 bridgehead atoms. The van der Waals surface area contributed by atoms with Crippen LogP contribution in [0.4, 0.5) is 0 Å². The van der Waals surface area contributed by atoms with Gasteiger partial charge in [-0.15, -0.1) is 0 Å². The number of hydrogen-bond acceptors (Lipinski definition) is 3. The van der Waals surface area contributed by atoms with Crippen molar-refractivity contribution in [3.05, 3.63) is 0 Å². The zero-order chi connectivity index (χ0) is 10.8. The maximum Gasteiger partial charge on any atom is 0.219 e. The van der Waals surface area contributed by atoms with Gasteiger partial charge in [-0.3, -0.25) is 4.79 Å². The third-order valence-corrected chi connectivity index (χ3v) is 2.88. The van der Waals surface area contributed by atoms with Crippen molar-refractivity contribution in [3.63, 3.8) is 0 Å². The van der Waals surface area contributed by atoms with Crippen LogP contribution in [-0.2, 0) is 4.79 Å². The molecule has 0 aliphatic heterocycles. The molecule has 0 aliphatic carbocycles. The molecule has 1 atom stereocenters. The van der Waals surface area contributed by atoms with Gasteiger partial charge in [-0.2, -0.15) is 11.8 Å². The first kappa shape index (κ1) is 13.8. The third kappa shape index (κ3) is 8.38. The van der Waals surface area contributed by atoms with Crippen LogP contribution in [-0.4, -0.2) is 38.1 Å². The van der Waals surface area contributed by atoms with E-state index in [0.717, 1.165) is 19.5 Å². The van der Waals surface area contributed by atoms with Crippen LogP contribution < -0.4 is 10.6 Å². The lowest BCUT2D eigenvalue weighted by Gasteiger charge is -2.10. The lowest BCUT2D eigenvalue weighted by atomic mass is 10.2. The summed E-state index contributed by atoms with van der Waals surface area (Å²) in [4.78, 5) is 10.9. The molecular formula is C10H22N2OS. The summed E-state index contributed by atoms with van der Waals surface area (Å²) >= 11 is 1.88. The summed E-state index contributed by atoms with van der Waals surface area (Å²) in [5.74, 6) is 2.04. The van der Waals surface area contributed by atoms with E-state index in [1.54, 1.807) is 7.05 Å². The van der Waals surface area contributed by atoms with Crippen LogP contribution in [0.5, 0.6) is 0 Å². The van der Waals surface area contributed by atoms with E-state index in [1.165, 1.54) is 5.75 Å². The highest BCUT2D eigenvalue weighted by molar-refractivity contribution is 7.98. The molecule has 84 valence electrons. The third-order valence-electron chi connectivity index (χ3n) is 1.98. The minimum Gasteiger partial charge on any atom is -0.359 e. The molecule has 0 aromatic carbocycles. The van der Waals surface area contributed by atoms with Gasteiger partial charge in [0, 0.05) is 13.5 Å². The van der Waals surface area contributed by atoms with Gasteiger partial charge >= 0.3 is 0 Å². The van der Waals surface area contributed by atoms with Gasteiger partial charge in [0.25, 0.3) is 0 Å². The van der Waals surface area contributed by atoms with E-state index >= 15 is 0 Å². The van der Waals surface area contributed by atoms with E-state index in [4.69, 9.17) is 0 Å². The van der Waals surface area contributed by atoms with E-state index in [0.29, 0.717) is 12.3 Å². The number of hydrogen-bond donors (Lipinski definition) is 2. The van der Waals surface area contributed by atoms with E-state index in [9.17, 15) is 4.79 Å². The van der Waals surface area contributed by atoms with Crippen molar-refractivity contribution in [2.75, 3.05) is 32.1 Å². The Morgan fingerprint density at radius 1 is 1.50 bits per heavy atom. The maximum atomic E-state index is 10.9. The predicted molar refractivity (Wildman–Crippen MR) is 63.7 cm³/mol. The molecule has 0 saturated carbocycles. The van der Waals surface area contributed by atoms with E-state index in [2.05, 4.69) is 23.8 Å². The van der Waals surface area contributed by atoms with Crippen LogP contribution in [0, 0.1) is 5.92 Å². The Hall–Kier alpha value is -0.220. The lowest BCUT2D eigenvalue weighted by Crippen LogP contribution is -2.25. The predicted octanol–water partition coefficient (Wildman–Crippen LogP) is 1.10. The fourth-order valence-corrected chi connectivity index (χ4v) is 1.88. The average Bonchev–Trinajstić information content (AvgIpc) is 2.17. The molecule has 1 unspecified atom stereocenters. The summed E-state index contributed by atoms with van der Waals surface area (Å²) in [6, 6.07) is 0. The molecule has 0 fully saturated rings. The van der Waals surface area contributed by atoms with Crippen molar-refractivity contribution in [1.29, 1.82) is 0 Å². The second kappa shape index (κ2) is 9.34. The van der Waals surface area contributed by atoms with Crippen LogP contribution in [0.3, 0.4) is 0 Å². The van der Waals surface area contributed by atoms with Gasteiger partial charge in [0.1, 0.15) is 0 Å². The Bertz CT molecular complexity index is 153. The topological polar surface area (TPSA) is 41.1 Å². The van der Waals surface area contributed by atoms with Gasteiger partial charge in [-0.05, 0) is 37.4 Å². The number of rotatable bonds is 8. The Labute approximate surface area is 91.4 Å². The lowest BCUT2D eigenvalue weighted by molar-refractivity contribution is -0.120. The highest BCUT2D eigenvalue weighted by Crippen LogP contribution is 2.02. The summed E-state index contributed by atoms with van der Waals surface area (Å²) < 4.78 is 0. The van der Waals surface area contributed by atoms with Gasteiger partial charge in [0.05, 0.1) is 0 Å². The monoisotopic (exact) mass is 218 g/mol. The molecule has 14 heavy (non-hydrogen) atoms. The highest BCUT2D eigenvalue weighted by Gasteiger charge is 2.00. The molecule has 0 aliphatic rings. The number of carbonyl (C=O) groups is 1. The summed E-state index contributed by atoms with van der Waals surface area (Å²) in [6.07, 6.45) is 3.67. The SMILES string of the molecule is CNC(=O)CCCNCC(C)CSC. The second-order valence-electron chi connectivity index (χ2n) is 3.54. The quantitative estimate of drug-likeness (QED) is 0.600. The standard InChI is InChI=1S/C10H22N2OS/c1-9(8-14-3)7-12-6-4-5-10(13)11-2/h9,12H,4-8H2,1-3H3,(H,11,13). The van der Waals surface area contributed by atoms with E-state index in [-0.39, 0.29) is 5.91 Å². The normalized spacial score (nSPS) is 12.5. The van der Waals surface area contributed by atoms with Crippen molar-refractivity contribution >= 4 is 17.7 Å². The fourth-order valence-electron chi connectivity index (χ4n) is 1.19. The maximum absolute atomic E-state index is 10.9. The van der Waals surface area contributed by atoms with Gasteiger partial charge in [0.2, 0.25) is 5.91 Å². The summed E-state index contributed by atoms with van der Waals surface area (Å²) in [5.41, 5.74) is 0. The second-order valence-corrected chi connectivity index (χ2v) is 4.45. The molecule has 0 aromatic rings. The molecule has 0 spiro atoms. The van der Waals surface area contributed by atoms with Crippen molar-refractivity contribution in [1.82, 2.24) is 10.6 Å². The number of nitrogens with one attached hydrogen (secondary N) is 2. The van der Waals surface area contributed by atoms with Gasteiger partial charge < -0.3 is 10.6 Å². The molecule has 0 radical (unpaired) electrons. The first-order valence-electron chi connectivity index (χ1n) is 5.11. The Balaban J connectivity index is 3.17. The molecule has 0 aromatic heterocycles. The Kier molecular flexibility index (Phi) is 9.19. The molecular weight excluding hydrogens is 196 g/mol. The zero-order valence-electron chi connectivity index (χ0n) is 9.43. The van der Waals surface area contributed by atoms with Crippen LogP contribution in [0.2, 0.25) is 0 Å². The molecule has 0 heterocycles. The van der Waals surface area contributed by atoms with Crippen molar-refractivity contribution < 1.29 is 4.79 Å². The smallest absolute Gasteiger partial charge is 0.219 e. The molecule has 2 N–H and O–H groups in total. The minimum atomic E-state index is 0.129. The summed E-state index contributed by atoms with van der Waals surface area (Å²) in [7, 11) is 1.68. The molecule has 0 rings (SSSR count). The fraction of sp³-hybridized carbons (Fsp3) is 0.900. The number of carbonyl (C=O) groups excluding carboxylic acids is 1. The van der Waals surface area contributed by atoms with Crippen molar-refractivity contribution in [3.8, 4) is 0 Å². The first-order chi connectivity index (χ1) is 6.70. The van der Waals surface area contributed by atoms with E-state index < -0.39 is 0 Å². The van der Waals surface area contributed by atoms with E-state index in [1.807, 2.05) is 11.8 Å². The molecule has 4 heteroatoms. The van der Waals surface area contributed by atoms with Crippen LogP contribution in [0.1, 0.15) is 19.8 Å². The van der Waals surface area contributed by atoms with Crippen molar-refractivity contribution in [2.45, 2.75) is 19.8 Å². The number of thioether (sulfide) groups is 1. The van der Waals surface area contributed by atoms with Crippen molar-refractivity contribution in [2.24, 2.45) is 5.92 Å². The largest absolute Gasteiger partial charge is 0.359 e. The van der Waals surface area contributed by atoms with Gasteiger partial charge in [-0.25, -0.2) is 0 Å². The average molecular weight is 218 g/mol.